The Labute approximate surface area is 125 Å². The molecule has 1 unspecified atom stereocenters. The van der Waals surface area contributed by atoms with Crippen LogP contribution in [0.15, 0.2) is 18.2 Å². The number of hydrogen-bond acceptors (Lipinski definition) is 2. The molecule has 19 heavy (non-hydrogen) atoms. The van der Waals surface area contributed by atoms with Gasteiger partial charge < -0.3 is 4.90 Å². The van der Waals surface area contributed by atoms with Gasteiger partial charge in [-0.05, 0) is 37.9 Å². The first-order chi connectivity index (χ1) is 9.25. The van der Waals surface area contributed by atoms with E-state index in [2.05, 4.69) is 9.80 Å². The third kappa shape index (κ3) is 2.86. The summed E-state index contributed by atoms with van der Waals surface area (Å²) in [5, 5.41) is 1.55. The van der Waals surface area contributed by atoms with Crippen LogP contribution in [-0.4, -0.2) is 37.1 Å². The zero-order valence-electron chi connectivity index (χ0n) is 11.1. The van der Waals surface area contributed by atoms with Crippen molar-refractivity contribution in [3.63, 3.8) is 0 Å². The van der Waals surface area contributed by atoms with E-state index in [0.717, 1.165) is 28.8 Å². The van der Waals surface area contributed by atoms with Crippen LogP contribution >= 0.6 is 23.2 Å². The second kappa shape index (κ2) is 5.90. The summed E-state index contributed by atoms with van der Waals surface area (Å²) in [5.74, 6) is 0. The maximum absolute atomic E-state index is 6.35. The summed E-state index contributed by atoms with van der Waals surface area (Å²) < 4.78 is 0. The Balaban J connectivity index is 1.84. The van der Waals surface area contributed by atoms with Gasteiger partial charge in [-0.2, -0.15) is 0 Å². The Bertz CT molecular complexity index is 430. The van der Waals surface area contributed by atoms with Crippen molar-refractivity contribution in [2.75, 3.05) is 31.1 Å². The summed E-state index contributed by atoms with van der Waals surface area (Å²) in [6.07, 6.45) is 5.20. The van der Waals surface area contributed by atoms with Crippen LogP contribution in [0.4, 0.5) is 5.69 Å². The number of fused-ring (bicyclic) bond motifs is 1. The summed E-state index contributed by atoms with van der Waals surface area (Å²) >= 11 is 12.7. The van der Waals surface area contributed by atoms with Gasteiger partial charge in [-0.25, -0.2) is 0 Å². The number of piperidine rings is 1. The van der Waals surface area contributed by atoms with E-state index in [9.17, 15) is 0 Å². The van der Waals surface area contributed by atoms with E-state index in [1.54, 1.807) is 0 Å². The Morgan fingerprint density at radius 2 is 1.68 bits per heavy atom. The van der Waals surface area contributed by atoms with Gasteiger partial charge in [0.05, 0.1) is 15.7 Å². The molecular weight excluding hydrogens is 279 g/mol. The van der Waals surface area contributed by atoms with E-state index in [1.165, 1.54) is 38.8 Å². The van der Waals surface area contributed by atoms with Crippen LogP contribution in [0.1, 0.15) is 25.7 Å². The minimum atomic E-state index is 0.670. The molecule has 0 aromatic heterocycles. The molecule has 0 aliphatic carbocycles. The number of anilines is 1. The average molecular weight is 299 g/mol. The predicted octanol–water partition coefficient (Wildman–Crippen LogP) is 4.06. The van der Waals surface area contributed by atoms with Gasteiger partial charge in [-0.15, -0.1) is 0 Å². The molecule has 0 bridgehead atoms. The van der Waals surface area contributed by atoms with Crippen LogP contribution in [0.5, 0.6) is 0 Å². The molecule has 0 radical (unpaired) electrons. The third-order valence-electron chi connectivity index (χ3n) is 4.31. The molecule has 2 nitrogen and oxygen atoms in total. The molecule has 104 valence electrons. The zero-order chi connectivity index (χ0) is 13.2. The number of benzene rings is 1. The normalized spacial score (nSPS) is 24.9. The second-order valence-corrected chi connectivity index (χ2v) is 6.37. The molecule has 2 heterocycles. The molecule has 1 aromatic rings. The second-order valence-electron chi connectivity index (χ2n) is 5.56. The summed E-state index contributed by atoms with van der Waals surface area (Å²) in [6, 6.07) is 6.46. The van der Waals surface area contributed by atoms with Crippen molar-refractivity contribution in [3.8, 4) is 0 Å². The monoisotopic (exact) mass is 298 g/mol. The van der Waals surface area contributed by atoms with Gasteiger partial charge in [0, 0.05) is 25.7 Å². The molecule has 3 rings (SSSR count). The molecule has 0 spiro atoms. The van der Waals surface area contributed by atoms with Gasteiger partial charge in [0.2, 0.25) is 0 Å². The number of halogens is 2. The molecule has 2 fully saturated rings. The van der Waals surface area contributed by atoms with E-state index in [-0.39, 0.29) is 0 Å². The highest BCUT2D eigenvalue weighted by Gasteiger charge is 2.28. The largest absolute Gasteiger partial charge is 0.368 e. The lowest BCUT2D eigenvalue weighted by Gasteiger charge is -2.36. The highest BCUT2D eigenvalue weighted by Crippen LogP contribution is 2.35. The lowest BCUT2D eigenvalue weighted by atomic mass is 10.0. The summed E-state index contributed by atoms with van der Waals surface area (Å²) in [5.41, 5.74) is 1.03. The molecule has 4 heteroatoms. The topological polar surface area (TPSA) is 6.48 Å². The van der Waals surface area contributed by atoms with Gasteiger partial charge in [-0.3, -0.25) is 4.90 Å². The van der Waals surface area contributed by atoms with Crippen LogP contribution in [0, 0.1) is 0 Å². The molecule has 1 atom stereocenters. The van der Waals surface area contributed by atoms with Crippen LogP contribution in [0.25, 0.3) is 0 Å². The summed E-state index contributed by atoms with van der Waals surface area (Å²) in [4.78, 5) is 5.04. The lowest BCUT2D eigenvalue weighted by Crippen LogP contribution is -2.44. The molecule has 2 aliphatic rings. The Morgan fingerprint density at radius 1 is 0.947 bits per heavy atom. The average Bonchev–Trinajstić information content (AvgIpc) is 2.60. The minimum absolute atomic E-state index is 0.670. The van der Waals surface area contributed by atoms with Crippen molar-refractivity contribution in [2.24, 2.45) is 0 Å². The Morgan fingerprint density at radius 3 is 2.47 bits per heavy atom. The van der Waals surface area contributed by atoms with Gasteiger partial charge >= 0.3 is 0 Å². The molecule has 0 amide bonds. The highest BCUT2D eigenvalue weighted by atomic mass is 35.5. The van der Waals surface area contributed by atoms with Gasteiger partial charge in [0.1, 0.15) is 0 Å². The summed E-state index contributed by atoms with van der Waals surface area (Å²) in [6.45, 7) is 4.58. The van der Waals surface area contributed by atoms with Crippen molar-refractivity contribution in [1.82, 2.24) is 4.90 Å². The van der Waals surface area contributed by atoms with Gasteiger partial charge in [0.15, 0.2) is 0 Å². The fourth-order valence-corrected chi connectivity index (χ4v) is 4.00. The van der Waals surface area contributed by atoms with Crippen LogP contribution in [0.2, 0.25) is 10.0 Å². The molecule has 2 saturated heterocycles. The van der Waals surface area contributed by atoms with Crippen LogP contribution in [-0.2, 0) is 0 Å². The zero-order valence-corrected chi connectivity index (χ0v) is 12.6. The predicted molar refractivity (Wildman–Crippen MR) is 82.5 cm³/mol. The first kappa shape index (κ1) is 13.5. The first-order valence-electron chi connectivity index (χ1n) is 7.19. The number of hydrogen-bond donors (Lipinski definition) is 0. The number of rotatable bonds is 1. The highest BCUT2D eigenvalue weighted by molar-refractivity contribution is 6.39. The van der Waals surface area contributed by atoms with Crippen molar-refractivity contribution in [2.45, 2.75) is 31.7 Å². The van der Waals surface area contributed by atoms with Gasteiger partial charge in [0.25, 0.3) is 0 Å². The SMILES string of the molecule is Clc1cccc(Cl)c1N1CCCN2CCCCC2C1. The quantitative estimate of drug-likeness (QED) is 0.771. The maximum atomic E-state index is 6.35. The maximum Gasteiger partial charge on any atom is 0.0745 e. The molecular formula is C15H20Cl2N2. The fraction of sp³-hybridized carbons (Fsp3) is 0.600. The number of para-hydroxylation sites is 1. The van der Waals surface area contributed by atoms with Crippen molar-refractivity contribution in [3.05, 3.63) is 28.2 Å². The Kier molecular flexibility index (Phi) is 4.21. The lowest BCUT2D eigenvalue weighted by molar-refractivity contribution is 0.162. The van der Waals surface area contributed by atoms with E-state index >= 15 is 0 Å². The molecule has 0 N–H and O–H groups in total. The van der Waals surface area contributed by atoms with E-state index in [1.807, 2.05) is 18.2 Å². The van der Waals surface area contributed by atoms with E-state index in [4.69, 9.17) is 23.2 Å². The number of nitrogens with zero attached hydrogens (tertiary/aromatic N) is 2. The van der Waals surface area contributed by atoms with Crippen LogP contribution < -0.4 is 4.90 Å². The molecule has 0 saturated carbocycles. The van der Waals surface area contributed by atoms with Crippen molar-refractivity contribution >= 4 is 28.9 Å². The van der Waals surface area contributed by atoms with Crippen molar-refractivity contribution in [1.29, 1.82) is 0 Å². The smallest absolute Gasteiger partial charge is 0.0745 e. The molecule has 2 aliphatic heterocycles. The minimum Gasteiger partial charge on any atom is -0.368 e. The van der Waals surface area contributed by atoms with E-state index in [0.29, 0.717) is 6.04 Å². The Hall–Kier alpha value is -0.440. The van der Waals surface area contributed by atoms with Crippen LogP contribution in [0.3, 0.4) is 0 Å². The summed E-state index contributed by atoms with van der Waals surface area (Å²) in [7, 11) is 0. The van der Waals surface area contributed by atoms with E-state index < -0.39 is 0 Å². The molecule has 1 aromatic carbocycles. The standard InChI is InChI=1S/C15H20Cl2N2/c16-13-6-3-7-14(17)15(13)19-10-4-9-18-8-2-1-5-12(18)11-19/h3,6-7,12H,1-2,4-5,8-11H2. The van der Waals surface area contributed by atoms with Gasteiger partial charge in [-0.1, -0.05) is 35.7 Å². The van der Waals surface area contributed by atoms with Crippen molar-refractivity contribution < 1.29 is 0 Å². The first-order valence-corrected chi connectivity index (χ1v) is 7.94. The fourth-order valence-electron chi connectivity index (χ4n) is 3.37. The third-order valence-corrected chi connectivity index (χ3v) is 4.92.